The second-order valence-electron chi connectivity index (χ2n) is 6.51. The van der Waals surface area contributed by atoms with E-state index in [9.17, 15) is 8.42 Å². The minimum Gasteiger partial charge on any atom is -0.355 e. The van der Waals surface area contributed by atoms with Gasteiger partial charge >= 0.3 is 0 Å². The van der Waals surface area contributed by atoms with Crippen molar-refractivity contribution in [3.63, 3.8) is 0 Å². The number of rotatable bonds is 2. The van der Waals surface area contributed by atoms with Crippen LogP contribution in [0.2, 0.25) is 0 Å². The van der Waals surface area contributed by atoms with E-state index in [1.165, 1.54) is 5.56 Å². The molecule has 0 aromatic heterocycles. The lowest BCUT2D eigenvalue weighted by Crippen LogP contribution is -2.38. The normalized spacial score (nSPS) is 19.8. The van der Waals surface area contributed by atoms with Crippen LogP contribution in [0, 0.1) is 5.92 Å². The third-order valence-corrected chi connectivity index (χ3v) is 6.22. The molecule has 0 spiro atoms. The summed E-state index contributed by atoms with van der Waals surface area (Å²) in [5.74, 6) is 1.28. The Kier molecular flexibility index (Phi) is 3.88. The molecule has 2 aliphatic heterocycles. The van der Waals surface area contributed by atoms with Crippen LogP contribution in [0.3, 0.4) is 0 Å². The lowest BCUT2D eigenvalue weighted by molar-refractivity contribution is 0.266. The van der Waals surface area contributed by atoms with Gasteiger partial charge in [-0.15, -0.1) is 4.40 Å². The molecule has 2 aromatic carbocycles. The van der Waals surface area contributed by atoms with Crippen LogP contribution in [0.5, 0.6) is 0 Å². The van der Waals surface area contributed by atoms with Crippen molar-refractivity contribution >= 4 is 15.9 Å². The maximum Gasteiger partial charge on any atom is 0.285 e. The van der Waals surface area contributed by atoms with Gasteiger partial charge in [-0.25, -0.2) is 0 Å². The van der Waals surface area contributed by atoms with Gasteiger partial charge in [0, 0.05) is 18.7 Å². The molecule has 1 saturated heterocycles. The molecular formula is C19H20N2O2S. The molecule has 124 valence electrons. The quantitative estimate of drug-likeness (QED) is 0.844. The molecule has 0 aliphatic carbocycles. The summed E-state index contributed by atoms with van der Waals surface area (Å²) in [4.78, 5) is 2.47. The topological polar surface area (TPSA) is 49.7 Å². The van der Waals surface area contributed by atoms with Crippen LogP contribution in [0.25, 0.3) is 0 Å². The van der Waals surface area contributed by atoms with E-state index in [2.05, 4.69) is 33.6 Å². The molecule has 5 heteroatoms. The number of benzene rings is 2. The summed E-state index contributed by atoms with van der Waals surface area (Å²) in [5.41, 5.74) is 2.13. The molecule has 0 atom stereocenters. The average molecular weight is 340 g/mol. The molecule has 0 radical (unpaired) electrons. The number of fused-ring (bicyclic) bond motifs is 1. The summed E-state index contributed by atoms with van der Waals surface area (Å²) in [5, 5.41) is 0. The van der Waals surface area contributed by atoms with Gasteiger partial charge in [0.2, 0.25) is 0 Å². The average Bonchev–Trinajstić information content (AvgIpc) is 2.88. The van der Waals surface area contributed by atoms with E-state index in [1.807, 2.05) is 18.2 Å². The van der Waals surface area contributed by atoms with E-state index in [0.29, 0.717) is 16.6 Å². The Morgan fingerprint density at radius 1 is 0.958 bits per heavy atom. The standard InChI is InChI=1S/C19H20N2O2S/c22-24(23)18-9-5-4-8-17(18)19(20-24)21-12-10-16(11-13-21)14-15-6-2-1-3-7-15/h1-9,16H,10-14H2. The first-order valence-corrected chi connectivity index (χ1v) is 9.81. The monoisotopic (exact) mass is 340 g/mol. The molecule has 0 bridgehead atoms. The molecule has 0 unspecified atom stereocenters. The Morgan fingerprint density at radius 3 is 2.38 bits per heavy atom. The number of hydrogen-bond acceptors (Lipinski definition) is 3. The zero-order valence-corrected chi connectivity index (χ0v) is 14.2. The van der Waals surface area contributed by atoms with E-state index in [-0.39, 0.29) is 0 Å². The Labute approximate surface area is 142 Å². The Morgan fingerprint density at radius 2 is 1.62 bits per heavy atom. The second kappa shape index (κ2) is 6.06. The van der Waals surface area contributed by atoms with Gasteiger partial charge in [-0.05, 0) is 42.9 Å². The summed E-state index contributed by atoms with van der Waals surface area (Å²) in [7, 11) is -3.52. The van der Waals surface area contributed by atoms with Gasteiger partial charge < -0.3 is 4.90 Å². The van der Waals surface area contributed by atoms with Crippen molar-refractivity contribution in [1.29, 1.82) is 0 Å². The predicted molar refractivity (Wildman–Crippen MR) is 94.6 cm³/mol. The number of nitrogens with zero attached hydrogens (tertiary/aromatic N) is 2. The fraction of sp³-hybridized carbons (Fsp3) is 0.316. The third kappa shape index (κ3) is 2.84. The van der Waals surface area contributed by atoms with Crippen molar-refractivity contribution in [2.75, 3.05) is 13.1 Å². The zero-order chi connectivity index (χ0) is 16.6. The van der Waals surface area contributed by atoms with Gasteiger partial charge in [-0.3, -0.25) is 0 Å². The molecule has 2 aromatic rings. The SMILES string of the molecule is O=S1(=O)N=C(N2CCC(Cc3ccccc3)CC2)c2ccccc21. The first-order chi connectivity index (χ1) is 11.6. The van der Waals surface area contributed by atoms with Gasteiger partial charge in [0.25, 0.3) is 10.0 Å². The number of sulfonamides is 1. The summed E-state index contributed by atoms with van der Waals surface area (Å²) >= 11 is 0. The summed E-state index contributed by atoms with van der Waals surface area (Å²) in [6.07, 6.45) is 3.22. The van der Waals surface area contributed by atoms with Gasteiger partial charge in [0.1, 0.15) is 4.90 Å². The van der Waals surface area contributed by atoms with Crippen molar-refractivity contribution in [3.8, 4) is 0 Å². The van der Waals surface area contributed by atoms with E-state index >= 15 is 0 Å². The minimum absolute atomic E-state index is 0.339. The fourth-order valence-electron chi connectivity index (χ4n) is 3.61. The highest BCUT2D eigenvalue weighted by molar-refractivity contribution is 7.90. The highest BCUT2D eigenvalue weighted by Crippen LogP contribution is 2.30. The van der Waals surface area contributed by atoms with Crippen LogP contribution < -0.4 is 0 Å². The van der Waals surface area contributed by atoms with Crippen LogP contribution in [0.1, 0.15) is 24.0 Å². The lowest BCUT2D eigenvalue weighted by atomic mass is 9.90. The number of piperidine rings is 1. The second-order valence-corrected chi connectivity index (χ2v) is 8.08. The van der Waals surface area contributed by atoms with E-state index in [0.717, 1.165) is 37.9 Å². The maximum atomic E-state index is 12.2. The molecule has 4 nitrogen and oxygen atoms in total. The molecule has 0 saturated carbocycles. The van der Waals surface area contributed by atoms with Gasteiger partial charge in [0.15, 0.2) is 5.84 Å². The first kappa shape index (κ1) is 15.4. The number of hydrogen-bond donors (Lipinski definition) is 0. The van der Waals surface area contributed by atoms with Crippen molar-refractivity contribution in [2.45, 2.75) is 24.2 Å². The number of likely N-dealkylation sites (tertiary alicyclic amines) is 1. The van der Waals surface area contributed by atoms with E-state index in [4.69, 9.17) is 0 Å². The van der Waals surface area contributed by atoms with Crippen LogP contribution in [0.4, 0.5) is 0 Å². The molecule has 4 rings (SSSR count). The van der Waals surface area contributed by atoms with Gasteiger partial charge in [-0.1, -0.05) is 42.5 Å². The minimum atomic E-state index is -3.52. The highest BCUT2D eigenvalue weighted by atomic mass is 32.2. The molecule has 0 amide bonds. The van der Waals surface area contributed by atoms with Gasteiger partial charge in [0.05, 0.1) is 0 Å². The van der Waals surface area contributed by atoms with Gasteiger partial charge in [-0.2, -0.15) is 8.42 Å². The van der Waals surface area contributed by atoms with Crippen LogP contribution in [-0.2, 0) is 16.4 Å². The lowest BCUT2D eigenvalue weighted by Gasteiger charge is -2.33. The summed E-state index contributed by atoms with van der Waals surface area (Å²) in [6.45, 7) is 1.72. The maximum absolute atomic E-state index is 12.2. The third-order valence-electron chi connectivity index (χ3n) is 4.89. The smallest absolute Gasteiger partial charge is 0.285 e. The molecule has 2 heterocycles. The van der Waals surface area contributed by atoms with Crippen molar-refractivity contribution in [2.24, 2.45) is 10.3 Å². The predicted octanol–water partition coefficient (Wildman–Crippen LogP) is 3.09. The highest BCUT2D eigenvalue weighted by Gasteiger charge is 2.33. The van der Waals surface area contributed by atoms with Crippen molar-refractivity contribution in [1.82, 2.24) is 4.90 Å². The number of amidine groups is 1. The molecular weight excluding hydrogens is 320 g/mol. The van der Waals surface area contributed by atoms with Crippen LogP contribution in [-0.4, -0.2) is 32.2 Å². The van der Waals surface area contributed by atoms with Crippen molar-refractivity contribution in [3.05, 3.63) is 65.7 Å². The van der Waals surface area contributed by atoms with Crippen LogP contribution >= 0.6 is 0 Å². The first-order valence-electron chi connectivity index (χ1n) is 8.37. The zero-order valence-electron chi connectivity index (χ0n) is 13.4. The van der Waals surface area contributed by atoms with Crippen molar-refractivity contribution < 1.29 is 8.42 Å². The van der Waals surface area contributed by atoms with E-state index < -0.39 is 10.0 Å². The van der Waals surface area contributed by atoms with Crippen LogP contribution in [0.15, 0.2) is 63.9 Å². The largest absolute Gasteiger partial charge is 0.355 e. The fourth-order valence-corrected chi connectivity index (χ4v) is 4.84. The molecule has 0 N–H and O–H groups in total. The Hall–Kier alpha value is -2.14. The molecule has 2 aliphatic rings. The summed E-state index contributed by atoms with van der Waals surface area (Å²) in [6, 6.07) is 17.7. The molecule has 24 heavy (non-hydrogen) atoms. The Balaban J connectivity index is 1.47. The summed E-state index contributed by atoms with van der Waals surface area (Å²) < 4.78 is 28.4. The molecule has 1 fully saturated rings. The Bertz CT molecular complexity index is 867. The van der Waals surface area contributed by atoms with E-state index in [1.54, 1.807) is 12.1 Å².